The van der Waals surface area contributed by atoms with Crippen molar-refractivity contribution in [1.82, 2.24) is 0 Å². The predicted molar refractivity (Wildman–Crippen MR) is 71.1 cm³/mol. The number of carboxylic acid groups (broad SMARTS) is 1. The first kappa shape index (κ1) is 16.3. The Morgan fingerprint density at radius 1 is 1.40 bits per heavy atom. The summed E-state index contributed by atoms with van der Waals surface area (Å²) in [6, 6.07) is 3.10. The Bertz CT molecular complexity index is 486. The molecule has 0 aliphatic rings. The second kappa shape index (κ2) is 6.15. The van der Waals surface area contributed by atoms with E-state index in [-0.39, 0.29) is 17.2 Å². The SMILES string of the molecule is CCC(C)CN(C)c1ccc(C(=O)O)cc1C(F)(F)F. The molecule has 0 aliphatic heterocycles. The summed E-state index contributed by atoms with van der Waals surface area (Å²) in [5, 5.41) is 8.81. The number of carbonyl (C=O) groups is 1. The monoisotopic (exact) mass is 289 g/mol. The number of anilines is 1. The van der Waals surface area contributed by atoms with Gasteiger partial charge in [-0.15, -0.1) is 0 Å². The van der Waals surface area contributed by atoms with Gasteiger partial charge in [-0.3, -0.25) is 0 Å². The van der Waals surface area contributed by atoms with Crippen molar-refractivity contribution in [3.8, 4) is 0 Å². The third-order valence-electron chi connectivity index (χ3n) is 3.24. The van der Waals surface area contributed by atoms with Crippen molar-refractivity contribution in [3.63, 3.8) is 0 Å². The van der Waals surface area contributed by atoms with Gasteiger partial charge >= 0.3 is 12.1 Å². The van der Waals surface area contributed by atoms with E-state index in [2.05, 4.69) is 0 Å². The Morgan fingerprint density at radius 2 is 2.00 bits per heavy atom. The third-order valence-corrected chi connectivity index (χ3v) is 3.24. The molecular formula is C14H18F3NO2. The van der Waals surface area contributed by atoms with E-state index in [4.69, 9.17) is 5.11 Å². The molecule has 0 saturated carbocycles. The highest BCUT2D eigenvalue weighted by molar-refractivity contribution is 5.88. The van der Waals surface area contributed by atoms with E-state index in [1.807, 2.05) is 13.8 Å². The molecule has 0 saturated heterocycles. The Hall–Kier alpha value is -1.72. The zero-order valence-electron chi connectivity index (χ0n) is 11.7. The van der Waals surface area contributed by atoms with Gasteiger partial charge in [0.15, 0.2) is 0 Å². The molecule has 1 rings (SSSR count). The smallest absolute Gasteiger partial charge is 0.418 e. The Morgan fingerprint density at radius 3 is 2.45 bits per heavy atom. The number of nitrogens with zero attached hydrogens (tertiary/aromatic N) is 1. The van der Waals surface area contributed by atoms with Crippen molar-refractivity contribution in [1.29, 1.82) is 0 Å². The van der Waals surface area contributed by atoms with Crippen molar-refractivity contribution in [2.24, 2.45) is 5.92 Å². The first-order valence-electron chi connectivity index (χ1n) is 6.32. The molecule has 0 bridgehead atoms. The van der Waals surface area contributed by atoms with Crippen LogP contribution in [0.5, 0.6) is 0 Å². The molecule has 0 amide bonds. The number of hydrogen-bond donors (Lipinski definition) is 1. The highest BCUT2D eigenvalue weighted by Crippen LogP contribution is 2.37. The van der Waals surface area contributed by atoms with Crippen LogP contribution in [0, 0.1) is 5.92 Å². The minimum Gasteiger partial charge on any atom is -0.478 e. The molecule has 0 fully saturated rings. The van der Waals surface area contributed by atoms with Gasteiger partial charge in [0.2, 0.25) is 0 Å². The Labute approximate surface area is 116 Å². The fourth-order valence-electron chi connectivity index (χ4n) is 1.92. The van der Waals surface area contributed by atoms with Gasteiger partial charge in [0.1, 0.15) is 0 Å². The van der Waals surface area contributed by atoms with Gasteiger partial charge in [0.05, 0.1) is 11.1 Å². The van der Waals surface area contributed by atoms with E-state index in [1.165, 1.54) is 17.0 Å². The molecular weight excluding hydrogens is 271 g/mol. The number of alkyl halides is 3. The van der Waals surface area contributed by atoms with Crippen LogP contribution in [0.1, 0.15) is 36.2 Å². The van der Waals surface area contributed by atoms with Crippen LogP contribution in [-0.4, -0.2) is 24.7 Å². The van der Waals surface area contributed by atoms with Crippen LogP contribution < -0.4 is 4.90 Å². The van der Waals surface area contributed by atoms with Crippen molar-refractivity contribution < 1.29 is 23.1 Å². The molecule has 1 N–H and O–H groups in total. The Balaban J connectivity index is 3.21. The van der Waals surface area contributed by atoms with Crippen LogP contribution in [0.25, 0.3) is 0 Å². The van der Waals surface area contributed by atoms with Gasteiger partial charge in [0.25, 0.3) is 0 Å². The maximum atomic E-state index is 13.1. The van der Waals surface area contributed by atoms with E-state index in [9.17, 15) is 18.0 Å². The molecule has 0 spiro atoms. The highest BCUT2D eigenvalue weighted by atomic mass is 19.4. The summed E-state index contributed by atoms with van der Waals surface area (Å²) >= 11 is 0. The van der Waals surface area contributed by atoms with E-state index < -0.39 is 17.7 Å². The van der Waals surface area contributed by atoms with Gasteiger partial charge < -0.3 is 10.0 Å². The quantitative estimate of drug-likeness (QED) is 0.894. The predicted octanol–water partition coefficient (Wildman–Crippen LogP) is 3.89. The molecule has 3 nitrogen and oxygen atoms in total. The number of rotatable bonds is 5. The minimum absolute atomic E-state index is 0.00259. The second-order valence-electron chi connectivity index (χ2n) is 4.93. The molecule has 112 valence electrons. The van der Waals surface area contributed by atoms with E-state index in [0.717, 1.165) is 6.42 Å². The van der Waals surface area contributed by atoms with Gasteiger partial charge in [0, 0.05) is 19.3 Å². The lowest BCUT2D eigenvalue weighted by Crippen LogP contribution is -2.26. The molecule has 0 aromatic heterocycles. The molecule has 0 heterocycles. The summed E-state index contributed by atoms with van der Waals surface area (Å²) in [5.41, 5.74) is -1.27. The summed E-state index contributed by atoms with van der Waals surface area (Å²) in [7, 11) is 1.58. The average Bonchev–Trinajstić information content (AvgIpc) is 2.36. The maximum absolute atomic E-state index is 13.1. The first-order valence-corrected chi connectivity index (χ1v) is 6.32. The largest absolute Gasteiger partial charge is 0.478 e. The van der Waals surface area contributed by atoms with Crippen molar-refractivity contribution in [3.05, 3.63) is 29.3 Å². The van der Waals surface area contributed by atoms with Crippen molar-refractivity contribution in [2.75, 3.05) is 18.5 Å². The van der Waals surface area contributed by atoms with Gasteiger partial charge in [-0.2, -0.15) is 13.2 Å². The number of hydrogen-bond acceptors (Lipinski definition) is 2. The molecule has 1 unspecified atom stereocenters. The van der Waals surface area contributed by atoms with Crippen LogP contribution >= 0.6 is 0 Å². The number of halogens is 3. The normalized spacial score (nSPS) is 13.1. The standard InChI is InChI=1S/C14H18F3NO2/c1-4-9(2)8-18(3)12-6-5-10(13(19)20)7-11(12)14(15,16)17/h5-7,9H,4,8H2,1-3H3,(H,19,20). The fourth-order valence-corrected chi connectivity index (χ4v) is 1.92. The van der Waals surface area contributed by atoms with Crippen LogP contribution in [-0.2, 0) is 6.18 Å². The molecule has 20 heavy (non-hydrogen) atoms. The number of carboxylic acids is 1. The highest BCUT2D eigenvalue weighted by Gasteiger charge is 2.35. The lowest BCUT2D eigenvalue weighted by molar-refractivity contribution is -0.137. The van der Waals surface area contributed by atoms with E-state index >= 15 is 0 Å². The third kappa shape index (κ3) is 3.88. The molecule has 6 heteroatoms. The molecule has 0 aliphatic carbocycles. The first-order chi connectivity index (χ1) is 9.16. The van der Waals surface area contributed by atoms with Crippen molar-refractivity contribution in [2.45, 2.75) is 26.4 Å². The summed E-state index contributed by atoms with van der Waals surface area (Å²) < 4.78 is 39.2. The summed E-state index contributed by atoms with van der Waals surface area (Å²) in [6.45, 7) is 4.40. The van der Waals surface area contributed by atoms with E-state index in [1.54, 1.807) is 7.05 Å². The lowest BCUT2D eigenvalue weighted by atomic mass is 10.0. The van der Waals surface area contributed by atoms with Crippen molar-refractivity contribution >= 4 is 11.7 Å². The van der Waals surface area contributed by atoms with Crippen LogP contribution in [0.3, 0.4) is 0 Å². The summed E-state index contributed by atoms with van der Waals surface area (Å²) in [5.74, 6) is -1.12. The molecule has 0 radical (unpaired) electrons. The van der Waals surface area contributed by atoms with Gasteiger partial charge in [-0.25, -0.2) is 4.79 Å². The molecule has 1 aromatic carbocycles. The maximum Gasteiger partial charge on any atom is 0.418 e. The minimum atomic E-state index is -4.58. The van der Waals surface area contributed by atoms with Crippen LogP contribution in [0.15, 0.2) is 18.2 Å². The average molecular weight is 289 g/mol. The van der Waals surface area contributed by atoms with Gasteiger partial charge in [-0.1, -0.05) is 20.3 Å². The summed E-state index contributed by atoms with van der Waals surface area (Å²) in [6.07, 6.45) is -3.72. The Kier molecular flexibility index (Phi) is 5.03. The topological polar surface area (TPSA) is 40.5 Å². The lowest BCUT2D eigenvalue weighted by Gasteiger charge is -2.26. The second-order valence-corrected chi connectivity index (χ2v) is 4.93. The summed E-state index contributed by atoms with van der Waals surface area (Å²) in [4.78, 5) is 12.3. The number of benzene rings is 1. The number of aromatic carboxylic acids is 1. The zero-order valence-corrected chi connectivity index (χ0v) is 11.7. The molecule has 1 aromatic rings. The van der Waals surface area contributed by atoms with Gasteiger partial charge in [-0.05, 0) is 24.1 Å². The fraction of sp³-hybridized carbons (Fsp3) is 0.500. The van der Waals surface area contributed by atoms with E-state index in [0.29, 0.717) is 12.6 Å². The van der Waals surface area contributed by atoms with Crippen LogP contribution in [0.4, 0.5) is 18.9 Å². The zero-order chi connectivity index (χ0) is 15.5. The van der Waals surface area contributed by atoms with Crippen LogP contribution in [0.2, 0.25) is 0 Å². The molecule has 1 atom stereocenters.